The van der Waals surface area contributed by atoms with Gasteiger partial charge in [-0.3, -0.25) is 9.59 Å². The van der Waals surface area contributed by atoms with E-state index >= 15 is 0 Å². The Morgan fingerprint density at radius 2 is 1.91 bits per heavy atom. The van der Waals surface area contributed by atoms with Crippen LogP contribution in [-0.2, 0) is 4.79 Å². The maximum Gasteiger partial charge on any atom is 0.255 e. The van der Waals surface area contributed by atoms with Crippen LogP contribution in [0.4, 0.5) is 15.9 Å². The van der Waals surface area contributed by atoms with Crippen molar-refractivity contribution in [2.45, 2.75) is 20.8 Å². The fourth-order valence-electron chi connectivity index (χ4n) is 1.89. The summed E-state index contributed by atoms with van der Waals surface area (Å²) in [7, 11) is 0. The van der Waals surface area contributed by atoms with Crippen molar-refractivity contribution in [2.24, 2.45) is 5.92 Å². The van der Waals surface area contributed by atoms with Crippen LogP contribution < -0.4 is 10.6 Å². The van der Waals surface area contributed by atoms with Crippen LogP contribution in [0.25, 0.3) is 0 Å². The van der Waals surface area contributed by atoms with Crippen LogP contribution in [0.5, 0.6) is 0 Å². The lowest BCUT2D eigenvalue weighted by Gasteiger charge is -2.11. The summed E-state index contributed by atoms with van der Waals surface area (Å²) < 4.78 is 13.8. The lowest BCUT2D eigenvalue weighted by Crippen LogP contribution is -2.19. The Bertz CT molecular complexity index is 724. The lowest BCUT2D eigenvalue weighted by atomic mass is 10.1. The second-order valence-electron chi connectivity index (χ2n) is 5.46. The third-order valence-electron chi connectivity index (χ3n) is 3.26. The molecule has 2 aromatic rings. The second kappa shape index (κ2) is 7.00. The number of aryl methyl sites for hydroxylation is 1. The quantitative estimate of drug-likeness (QED) is 0.908. The van der Waals surface area contributed by atoms with Crippen LogP contribution in [-0.4, -0.2) is 16.8 Å². The highest BCUT2D eigenvalue weighted by Gasteiger charge is 2.13. The molecule has 0 bridgehead atoms. The molecule has 0 aliphatic carbocycles. The molecule has 0 saturated heterocycles. The van der Waals surface area contributed by atoms with Crippen molar-refractivity contribution >= 4 is 23.3 Å². The molecule has 0 unspecified atom stereocenters. The fraction of sp³-hybridized carbons (Fsp3) is 0.235. The van der Waals surface area contributed by atoms with E-state index < -0.39 is 11.7 Å². The van der Waals surface area contributed by atoms with Gasteiger partial charge in [0.05, 0.1) is 5.69 Å². The summed E-state index contributed by atoms with van der Waals surface area (Å²) in [5.41, 5.74) is 1.05. The second-order valence-corrected chi connectivity index (χ2v) is 5.46. The summed E-state index contributed by atoms with van der Waals surface area (Å²) >= 11 is 0. The molecule has 0 aliphatic heterocycles. The van der Waals surface area contributed by atoms with E-state index in [0.29, 0.717) is 5.56 Å². The van der Waals surface area contributed by atoms with Crippen LogP contribution in [0.15, 0.2) is 36.5 Å². The molecule has 0 fully saturated rings. The van der Waals surface area contributed by atoms with E-state index in [1.54, 1.807) is 32.9 Å². The highest BCUT2D eigenvalue weighted by molar-refractivity contribution is 6.05. The molecule has 0 atom stereocenters. The molecule has 1 heterocycles. The zero-order chi connectivity index (χ0) is 17.0. The predicted molar refractivity (Wildman–Crippen MR) is 86.8 cm³/mol. The first-order valence-electron chi connectivity index (χ1n) is 7.22. The van der Waals surface area contributed by atoms with Gasteiger partial charge in [-0.05, 0) is 30.7 Å². The van der Waals surface area contributed by atoms with Crippen LogP contribution in [0.1, 0.15) is 29.8 Å². The van der Waals surface area contributed by atoms with E-state index in [4.69, 9.17) is 0 Å². The van der Waals surface area contributed by atoms with Gasteiger partial charge in [-0.15, -0.1) is 0 Å². The predicted octanol–water partition coefficient (Wildman–Crippen LogP) is 3.38. The Labute approximate surface area is 133 Å². The number of aromatic nitrogens is 1. The molecule has 2 amide bonds. The zero-order valence-electron chi connectivity index (χ0n) is 13.2. The van der Waals surface area contributed by atoms with Crippen molar-refractivity contribution in [2.75, 3.05) is 10.6 Å². The van der Waals surface area contributed by atoms with Gasteiger partial charge in [0.2, 0.25) is 5.91 Å². The number of benzene rings is 1. The first-order valence-corrected chi connectivity index (χ1v) is 7.22. The Morgan fingerprint density at radius 1 is 1.17 bits per heavy atom. The molecule has 0 saturated carbocycles. The molecule has 1 aromatic heterocycles. The summed E-state index contributed by atoms with van der Waals surface area (Å²) in [5.74, 6) is -1.08. The van der Waals surface area contributed by atoms with Crippen molar-refractivity contribution in [1.29, 1.82) is 0 Å². The molecule has 2 N–H and O–H groups in total. The van der Waals surface area contributed by atoms with Gasteiger partial charge < -0.3 is 10.6 Å². The van der Waals surface area contributed by atoms with Gasteiger partial charge >= 0.3 is 0 Å². The van der Waals surface area contributed by atoms with E-state index in [2.05, 4.69) is 15.6 Å². The maximum atomic E-state index is 13.8. The van der Waals surface area contributed by atoms with Crippen LogP contribution in [0, 0.1) is 18.7 Å². The number of hydrogen-bond donors (Lipinski definition) is 2. The molecule has 0 radical (unpaired) electrons. The number of carbonyl (C=O) groups is 2. The van der Waals surface area contributed by atoms with E-state index in [0.717, 1.165) is 0 Å². The van der Waals surface area contributed by atoms with Gasteiger partial charge in [-0.25, -0.2) is 9.37 Å². The number of nitrogens with one attached hydrogen (secondary N) is 2. The normalized spacial score (nSPS) is 10.5. The summed E-state index contributed by atoms with van der Waals surface area (Å²) in [5, 5.41) is 5.16. The lowest BCUT2D eigenvalue weighted by molar-refractivity contribution is -0.118. The summed E-state index contributed by atoms with van der Waals surface area (Å²) in [6, 6.07) is 7.51. The van der Waals surface area contributed by atoms with Crippen LogP contribution in [0.3, 0.4) is 0 Å². The minimum Gasteiger partial charge on any atom is -0.319 e. The first-order chi connectivity index (χ1) is 10.9. The molecular formula is C17H18FN3O2. The Kier molecular flexibility index (Phi) is 5.05. The highest BCUT2D eigenvalue weighted by atomic mass is 19.1. The number of pyridine rings is 1. The van der Waals surface area contributed by atoms with Gasteiger partial charge in [-0.2, -0.15) is 0 Å². The number of amides is 2. The average molecular weight is 315 g/mol. The van der Waals surface area contributed by atoms with Crippen molar-refractivity contribution in [3.8, 4) is 0 Å². The van der Waals surface area contributed by atoms with E-state index in [-0.39, 0.29) is 28.9 Å². The maximum absolute atomic E-state index is 13.8. The molecule has 0 spiro atoms. The molecule has 5 nitrogen and oxygen atoms in total. The number of anilines is 2. The van der Waals surface area contributed by atoms with Crippen molar-refractivity contribution in [3.05, 3.63) is 53.5 Å². The van der Waals surface area contributed by atoms with Crippen LogP contribution in [0.2, 0.25) is 0 Å². The standard InChI is InChI=1S/C17H18FN3O2/c1-10(2)16(22)20-14-9-12(7-8-19-14)17(23)21-15-11(3)5-4-6-13(15)18/h4-10H,1-3H3,(H,21,23)(H,19,20,22). The number of nitrogens with zero attached hydrogens (tertiary/aromatic N) is 1. The number of para-hydroxylation sites is 1. The molecule has 6 heteroatoms. The topological polar surface area (TPSA) is 71.1 Å². The first kappa shape index (κ1) is 16.6. The van der Waals surface area contributed by atoms with Crippen LogP contribution >= 0.6 is 0 Å². The minimum atomic E-state index is -0.499. The number of hydrogen-bond acceptors (Lipinski definition) is 3. The van der Waals surface area contributed by atoms with Crippen molar-refractivity contribution in [3.63, 3.8) is 0 Å². The fourth-order valence-corrected chi connectivity index (χ4v) is 1.89. The monoisotopic (exact) mass is 315 g/mol. The van der Waals surface area contributed by atoms with Gasteiger partial charge in [0.25, 0.3) is 5.91 Å². The van der Waals surface area contributed by atoms with Gasteiger partial charge in [0.1, 0.15) is 11.6 Å². The minimum absolute atomic E-state index is 0.141. The average Bonchev–Trinajstić information content (AvgIpc) is 2.51. The molecule has 0 aliphatic rings. The Hall–Kier alpha value is -2.76. The number of carbonyl (C=O) groups excluding carboxylic acids is 2. The highest BCUT2D eigenvalue weighted by Crippen LogP contribution is 2.20. The molecule has 23 heavy (non-hydrogen) atoms. The smallest absolute Gasteiger partial charge is 0.255 e. The molecule has 120 valence electrons. The van der Waals surface area contributed by atoms with Crippen molar-refractivity contribution < 1.29 is 14.0 Å². The van der Waals surface area contributed by atoms with Gasteiger partial charge in [0, 0.05) is 17.7 Å². The van der Waals surface area contributed by atoms with Crippen molar-refractivity contribution in [1.82, 2.24) is 4.98 Å². The summed E-state index contributed by atoms with van der Waals surface area (Å²) in [6.07, 6.45) is 1.42. The number of rotatable bonds is 4. The molecule has 1 aromatic carbocycles. The summed E-state index contributed by atoms with van der Waals surface area (Å²) in [4.78, 5) is 27.9. The van der Waals surface area contributed by atoms with E-state index in [1.165, 1.54) is 24.4 Å². The zero-order valence-corrected chi connectivity index (χ0v) is 13.2. The third-order valence-corrected chi connectivity index (χ3v) is 3.26. The number of halogens is 1. The largest absolute Gasteiger partial charge is 0.319 e. The van der Waals surface area contributed by atoms with E-state index in [1.807, 2.05) is 0 Å². The van der Waals surface area contributed by atoms with Gasteiger partial charge in [-0.1, -0.05) is 26.0 Å². The SMILES string of the molecule is Cc1cccc(F)c1NC(=O)c1ccnc(NC(=O)C(C)C)c1. The summed E-state index contributed by atoms with van der Waals surface area (Å²) in [6.45, 7) is 5.22. The third kappa shape index (κ3) is 4.12. The van der Waals surface area contributed by atoms with E-state index in [9.17, 15) is 14.0 Å². The molecular weight excluding hydrogens is 297 g/mol. The molecule has 2 rings (SSSR count). The van der Waals surface area contributed by atoms with Gasteiger partial charge in [0.15, 0.2) is 0 Å². The Balaban J connectivity index is 2.18. The Morgan fingerprint density at radius 3 is 2.57 bits per heavy atom.